The van der Waals surface area contributed by atoms with E-state index in [-0.39, 0.29) is 19.1 Å². The Hall–Kier alpha value is -3.76. The van der Waals surface area contributed by atoms with Gasteiger partial charge in [-0.3, -0.25) is 19.3 Å². The van der Waals surface area contributed by atoms with Crippen molar-refractivity contribution in [3.8, 4) is 22.6 Å². The zero-order valence-corrected chi connectivity index (χ0v) is 24.2. The summed E-state index contributed by atoms with van der Waals surface area (Å²) < 4.78 is 13.2. The number of carboxylic acid groups (broad SMARTS) is 1. The Morgan fingerprint density at radius 1 is 1.18 bits per heavy atom. The van der Waals surface area contributed by atoms with Crippen molar-refractivity contribution in [1.82, 2.24) is 14.7 Å². The van der Waals surface area contributed by atoms with Gasteiger partial charge in [-0.1, -0.05) is 23.2 Å². The molecule has 0 saturated heterocycles. The van der Waals surface area contributed by atoms with Gasteiger partial charge in [-0.2, -0.15) is 10.2 Å². The molecule has 2 atom stereocenters. The van der Waals surface area contributed by atoms with Crippen molar-refractivity contribution in [3.05, 3.63) is 58.3 Å². The maximum absolute atomic E-state index is 13.7. The summed E-state index contributed by atoms with van der Waals surface area (Å²) in [6, 6.07) is 8.44. The van der Waals surface area contributed by atoms with Crippen molar-refractivity contribution in [2.45, 2.75) is 38.9 Å². The Bertz CT molecular complexity index is 1510. The molecule has 0 saturated carbocycles. The van der Waals surface area contributed by atoms with E-state index in [1.807, 2.05) is 26.8 Å². The first-order valence-electron chi connectivity index (χ1n) is 12.6. The highest BCUT2D eigenvalue weighted by molar-refractivity contribution is 6.41. The Kier molecular flexibility index (Phi) is 7.18. The first-order chi connectivity index (χ1) is 18.9. The van der Waals surface area contributed by atoms with Gasteiger partial charge in [-0.05, 0) is 45.0 Å². The summed E-state index contributed by atoms with van der Waals surface area (Å²) in [5, 5.41) is 20.9. The highest BCUT2D eigenvalue weighted by Gasteiger charge is 2.48. The summed E-state index contributed by atoms with van der Waals surface area (Å²) in [4.78, 5) is 26.6. The van der Waals surface area contributed by atoms with E-state index >= 15 is 0 Å². The predicted octanol–water partition coefficient (Wildman–Crippen LogP) is 5.13. The van der Waals surface area contributed by atoms with Crippen LogP contribution in [0.5, 0.6) is 11.5 Å². The molecular weight excluding hydrogens is 557 g/mol. The van der Waals surface area contributed by atoms with Gasteiger partial charge >= 0.3 is 5.97 Å². The van der Waals surface area contributed by atoms with Gasteiger partial charge in [-0.25, -0.2) is 0 Å². The summed E-state index contributed by atoms with van der Waals surface area (Å²) in [6.07, 6.45) is 3.23. The van der Waals surface area contributed by atoms with Crippen LogP contribution in [0.2, 0.25) is 10.0 Å². The van der Waals surface area contributed by atoms with E-state index in [1.165, 1.54) is 4.68 Å². The van der Waals surface area contributed by atoms with Crippen LogP contribution in [0.15, 0.2) is 47.8 Å². The number of carboxylic acids is 1. The first-order valence-corrected chi connectivity index (χ1v) is 13.3. The Labute approximate surface area is 241 Å². The van der Waals surface area contributed by atoms with Gasteiger partial charge in [0.2, 0.25) is 0 Å². The van der Waals surface area contributed by atoms with E-state index in [4.69, 9.17) is 37.8 Å². The number of methoxy groups -OCH3 is 1. The van der Waals surface area contributed by atoms with E-state index < -0.39 is 23.5 Å². The zero-order chi connectivity index (χ0) is 28.9. The molecule has 2 aliphatic rings. The molecule has 210 valence electrons. The smallest absolute Gasteiger partial charge is 0.325 e. The van der Waals surface area contributed by atoms with Crippen LogP contribution in [-0.2, 0) is 16.1 Å². The molecule has 5 rings (SSSR count). The van der Waals surface area contributed by atoms with Crippen molar-refractivity contribution >= 4 is 46.5 Å². The lowest BCUT2D eigenvalue weighted by Gasteiger charge is -2.36. The van der Waals surface area contributed by atoms with Crippen molar-refractivity contribution in [2.75, 3.05) is 25.8 Å². The number of aliphatic carboxylic acids is 1. The zero-order valence-electron chi connectivity index (χ0n) is 22.7. The summed E-state index contributed by atoms with van der Waals surface area (Å²) in [5.41, 5.74) is 2.72. The van der Waals surface area contributed by atoms with Crippen LogP contribution in [-0.4, -0.2) is 63.7 Å². The molecule has 2 aliphatic heterocycles. The van der Waals surface area contributed by atoms with E-state index in [0.29, 0.717) is 44.1 Å². The Morgan fingerprint density at radius 2 is 1.88 bits per heavy atom. The average molecular weight is 586 g/mol. The summed E-state index contributed by atoms with van der Waals surface area (Å²) >= 11 is 12.7. The standard InChI is InChI=1S/C28H29Cl2N5O5/c1-28(2,3)33(4)27(38)25-21-14-40-23-10-22(39-5)19(15-11-31-34(12-15)13-24(36)37)9-20(23)26(21)35(32-25)18-7-16(29)6-17(30)8-18/h6-12,21,26H,13-14H2,1-5H3,(H,36,37). The normalized spacial score (nSPS) is 18.0. The second-order valence-corrected chi connectivity index (χ2v) is 11.6. The van der Waals surface area contributed by atoms with Gasteiger partial charge in [0.25, 0.3) is 5.91 Å². The second kappa shape index (κ2) is 10.3. The quantitative estimate of drug-likeness (QED) is 0.427. The average Bonchev–Trinajstić information content (AvgIpc) is 3.50. The number of rotatable bonds is 6. The van der Waals surface area contributed by atoms with Crippen LogP contribution in [0.25, 0.3) is 11.1 Å². The van der Waals surface area contributed by atoms with Crippen LogP contribution in [0.1, 0.15) is 32.4 Å². The molecule has 0 radical (unpaired) electrons. The number of fused-ring (bicyclic) bond motifs is 3. The molecule has 1 amide bonds. The van der Waals surface area contributed by atoms with Gasteiger partial charge in [-0.15, -0.1) is 0 Å². The van der Waals surface area contributed by atoms with Crippen LogP contribution in [0.3, 0.4) is 0 Å². The number of halogens is 2. The lowest BCUT2D eigenvalue weighted by molar-refractivity contribution is -0.138. The number of hydrogen-bond donors (Lipinski definition) is 1. The third kappa shape index (κ3) is 5.09. The van der Waals surface area contributed by atoms with Crippen molar-refractivity contribution in [1.29, 1.82) is 0 Å². The molecule has 10 nitrogen and oxygen atoms in total. The first kappa shape index (κ1) is 27.8. The Balaban J connectivity index is 1.65. The number of amides is 1. The molecule has 0 aliphatic carbocycles. The molecule has 1 N–H and O–H groups in total. The minimum atomic E-state index is -1.00. The molecule has 3 heterocycles. The molecule has 40 heavy (non-hydrogen) atoms. The molecule has 0 bridgehead atoms. The molecule has 3 aromatic rings. The van der Waals surface area contributed by atoms with E-state index in [2.05, 4.69) is 5.10 Å². The maximum atomic E-state index is 13.7. The lowest BCUT2D eigenvalue weighted by Crippen LogP contribution is -2.48. The number of benzene rings is 2. The minimum Gasteiger partial charge on any atom is -0.496 e. The SMILES string of the molecule is COc1cc2c(cc1-c1cnn(CC(=O)O)c1)C1C(CO2)C(C(=O)N(C)C(C)(C)C)=NN1c1cc(Cl)cc(Cl)c1. The monoisotopic (exact) mass is 585 g/mol. The van der Waals surface area contributed by atoms with Crippen molar-refractivity contribution in [2.24, 2.45) is 11.0 Å². The largest absolute Gasteiger partial charge is 0.496 e. The van der Waals surface area contributed by atoms with Crippen LogP contribution in [0.4, 0.5) is 5.69 Å². The number of carbonyl (C=O) groups excluding carboxylic acids is 1. The summed E-state index contributed by atoms with van der Waals surface area (Å²) in [6.45, 7) is 5.83. The molecule has 12 heteroatoms. The van der Waals surface area contributed by atoms with Gasteiger partial charge in [0.1, 0.15) is 23.8 Å². The van der Waals surface area contributed by atoms with Crippen LogP contribution < -0.4 is 14.5 Å². The topological polar surface area (TPSA) is 109 Å². The third-order valence-electron chi connectivity index (χ3n) is 7.16. The fraction of sp³-hybridized carbons (Fsp3) is 0.357. The molecule has 2 aromatic carbocycles. The number of anilines is 1. The number of ether oxygens (including phenoxy) is 2. The number of hydrogen-bond acceptors (Lipinski definition) is 7. The molecule has 1 aromatic heterocycles. The highest BCUT2D eigenvalue weighted by Crippen LogP contribution is 2.50. The molecule has 0 fully saturated rings. The predicted molar refractivity (Wildman–Crippen MR) is 152 cm³/mol. The summed E-state index contributed by atoms with van der Waals surface area (Å²) in [5.74, 6) is -0.467. The van der Waals surface area contributed by atoms with E-state index in [0.717, 1.165) is 5.56 Å². The molecule has 0 spiro atoms. The molecular formula is C28H29Cl2N5O5. The summed E-state index contributed by atoms with van der Waals surface area (Å²) in [7, 11) is 3.31. The minimum absolute atomic E-state index is 0.200. The van der Waals surface area contributed by atoms with E-state index in [9.17, 15) is 14.7 Å². The number of nitrogens with zero attached hydrogens (tertiary/aromatic N) is 5. The third-order valence-corrected chi connectivity index (χ3v) is 7.60. The van der Waals surface area contributed by atoms with Gasteiger partial charge in [0, 0.05) is 51.6 Å². The number of hydrazone groups is 1. The number of carbonyl (C=O) groups is 2. The second-order valence-electron chi connectivity index (χ2n) is 10.8. The van der Waals surface area contributed by atoms with Gasteiger partial charge in [0.05, 0.1) is 37.6 Å². The Morgan fingerprint density at radius 3 is 2.50 bits per heavy atom. The van der Waals surface area contributed by atoms with Gasteiger partial charge < -0.3 is 19.5 Å². The van der Waals surface area contributed by atoms with Crippen LogP contribution in [0, 0.1) is 5.92 Å². The number of aromatic nitrogens is 2. The fourth-order valence-corrected chi connectivity index (χ4v) is 5.41. The van der Waals surface area contributed by atoms with Crippen molar-refractivity contribution in [3.63, 3.8) is 0 Å². The van der Waals surface area contributed by atoms with Crippen molar-refractivity contribution < 1.29 is 24.2 Å². The molecule has 2 unspecified atom stereocenters. The fourth-order valence-electron chi connectivity index (χ4n) is 4.89. The van der Waals surface area contributed by atoms with Crippen LogP contribution >= 0.6 is 23.2 Å². The van der Waals surface area contributed by atoms with Gasteiger partial charge in [0.15, 0.2) is 0 Å². The van der Waals surface area contributed by atoms with E-state index in [1.54, 1.807) is 60.7 Å². The highest BCUT2D eigenvalue weighted by atomic mass is 35.5. The maximum Gasteiger partial charge on any atom is 0.325 e. The lowest BCUT2D eigenvalue weighted by atomic mass is 9.85.